The van der Waals surface area contributed by atoms with Gasteiger partial charge in [0.1, 0.15) is 5.00 Å². The van der Waals surface area contributed by atoms with Gasteiger partial charge in [-0.1, -0.05) is 23.5 Å². The fourth-order valence-electron chi connectivity index (χ4n) is 2.82. The van der Waals surface area contributed by atoms with Crippen molar-refractivity contribution >= 4 is 39.0 Å². The maximum absolute atomic E-state index is 12.7. The average molecular weight is 410 g/mol. The second-order valence-electron chi connectivity index (χ2n) is 6.53. The first-order valence-corrected chi connectivity index (χ1v) is 9.58. The molecule has 4 rings (SSSR count). The molecule has 0 unspecified atom stereocenters. The van der Waals surface area contributed by atoms with Gasteiger partial charge in [-0.25, -0.2) is 4.98 Å². The van der Waals surface area contributed by atoms with E-state index in [0.29, 0.717) is 22.2 Å². The molecule has 0 atom stereocenters. The number of fused-ring (bicyclic) bond motifs is 1. The van der Waals surface area contributed by atoms with E-state index in [-0.39, 0.29) is 17.5 Å². The van der Waals surface area contributed by atoms with Gasteiger partial charge in [0.15, 0.2) is 22.3 Å². The highest BCUT2D eigenvalue weighted by molar-refractivity contribution is 7.20. The monoisotopic (exact) mass is 410 g/mol. The normalized spacial score (nSPS) is 11.9. The lowest BCUT2D eigenvalue weighted by atomic mass is 10.1. The molecule has 0 saturated carbocycles. The Morgan fingerprint density at radius 2 is 1.90 bits per heavy atom. The first kappa shape index (κ1) is 18.8. The van der Waals surface area contributed by atoms with E-state index in [1.807, 2.05) is 32.0 Å². The Morgan fingerprint density at radius 3 is 2.69 bits per heavy atom. The number of aryl methyl sites for hydroxylation is 2. The first-order chi connectivity index (χ1) is 13.9. The predicted molar refractivity (Wildman–Crippen MR) is 110 cm³/mol. The van der Waals surface area contributed by atoms with Crippen molar-refractivity contribution in [1.29, 1.82) is 0 Å². The molecule has 2 heterocycles. The van der Waals surface area contributed by atoms with Crippen LogP contribution >= 0.6 is 11.3 Å². The average Bonchev–Trinajstić information content (AvgIpc) is 3.30. The number of nitrogens with zero attached hydrogens (tertiary/aromatic N) is 1. The van der Waals surface area contributed by atoms with Crippen LogP contribution in [0.25, 0.3) is 0 Å². The van der Waals surface area contributed by atoms with Crippen molar-refractivity contribution in [2.75, 3.05) is 17.4 Å². The Kier molecular flexibility index (Phi) is 4.81. The number of thiazole rings is 1. The van der Waals surface area contributed by atoms with Gasteiger partial charge in [-0.3, -0.25) is 9.59 Å². The minimum Gasteiger partial charge on any atom is -0.454 e. The molecule has 3 aromatic rings. The van der Waals surface area contributed by atoms with Crippen LogP contribution in [0.3, 0.4) is 0 Å². The van der Waals surface area contributed by atoms with Crippen molar-refractivity contribution in [1.82, 2.24) is 4.98 Å². The molecular weight excluding hydrogens is 392 g/mol. The lowest BCUT2D eigenvalue weighted by molar-refractivity contribution is 0.0997. The topological polar surface area (TPSA) is 116 Å². The maximum Gasteiger partial charge on any atom is 0.270 e. The van der Waals surface area contributed by atoms with Gasteiger partial charge in [0.2, 0.25) is 6.79 Å². The number of carbonyl (C=O) groups excluding carboxylic acids is 2. The van der Waals surface area contributed by atoms with E-state index < -0.39 is 11.8 Å². The van der Waals surface area contributed by atoms with E-state index in [4.69, 9.17) is 15.2 Å². The molecule has 148 valence electrons. The number of nitrogens with two attached hydrogens (primary N) is 1. The summed E-state index contributed by atoms with van der Waals surface area (Å²) >= 11 is 1.13. The molecule has 0 fully saturated rings. The van der Waals surface area contributed by atoms with Crippen LogP contribution in [-0.2, 0) is 0 Å². The van der Waals surface area contributed by atoms with E-state index in [1.165, 1.54) is 0 Å². The molecule has 1 aliphatic heterocycles. The number of hydrogen-bond donors (Lipinski definition) is 3. The van der Waals surface area contributed by atoms with Crippen molar-refractivity contribution < 1.29 is 19.1 Å². The summed E-state index contributed by atoms with van der Waals surface area (Å²) in [7, 11) is 0. The highest BCUT2D eigenvalue weighted by Crippen LogP contribution is 2.34. The van der Waals surface area contributed by atoms with Crippen LogP contribution in [0.2, 0.25) is 0 Å². The van der Waals surface area contributed by atoms with Gasteiger partial charge >= 0.3 is 0 Å². The smallest absolute Gasteiger partial charge is 0.270 e. The van der Waals surface area contributed by atoms with Gasteiger partial charge in [0.05, 0.1) is 0 Å². The Labute approximate surface area is 170 Å². The van der Waals surface area contributed by atoms with Crippen molar-refractivity contribution in [2.24, 2.45) is 5.73 Å². The third kappa shape index (κ3) is 3.85. The molecule has 0 spiro atoms. The molecule has 0 bridgehead atoms. The van der Waals surface area contributed by atoms with Crippen molar-refractivity contribution in [3.8, 4) is 11.5 Å². The minimum atomic E-state index is -0.726. The molecule has 2 aromatic carbocycles. The molecule has 0 saturated heterocycles. The number of hydrogen-bond acceptors (Lipinski definition) is 7. The van der Waals surface area contributed by atoms with Crippen molar-refractivity contribution in [3.05, 3.63) is 58.8 Å². The molecule has 2 amide bonds. The molecule has 1 aromatic heterocycles. The molecule has 9 heteroatoms. The van der Waals surface area contributed by atoms with Crippen molar-refractivity contribution in [3.63, 3.8) is 0 Å². The quantitative estimate of drug-likeness (QED) is 0.592. The van der Waals surface area contributed by atoms with E-state index in [1.54, 1.807) is 18.2 Å². The fourth-order valence-corrected chi connectivity index (χ4v) is 3.70. The zero-order valence-corrected chi connectivity index (χ0v) is 16.6. The largest absolute Gasteiger partial charge is 0.454 e. The van der Waals surface area contributed by atoms with Gasteiger partial charge < -0.3 is 25.8 Å². The summed E-state index contributed by atoms with van der Waals surface area (Å²) in [6, 6.07) is 10.8. The summed E-state index contributed by atoms with van der Waals surface area (Å²) in [6.07, 6.45) is 0. The molecule has 8 nitrogen and oxygen atoms in total. The Balaban J connectivity index is 1.59. The SMILES string of the molecule is Cc1ccc(C)c(Nc2nc(C(N)=O)c(NC(=O)c3ccc4c(c3)OCO4)s2)c1. The van der Waals surface area contributed by atoms with Crippen LogP contribution in [0.1, 0.15) is 32.0 Å². The molecule has 29 heavy (non-hydrogen) atoms. The second-order valence-corrected chi connectivity index (χ2v) is 7.53. The van der Waals surface area contributed by atoms with E-state index in [0.717, 1.165) is 28.2 Å². The number of nitrogens with one attached hydrogen (secondary N) is 2. The zero-order valence-electron chi connectivity index (χ0n) is 15.7. The summed E-state index contributed by atoms with van der Waals surface area (Å²) < 4.78 is 10.5. The van der Waals surface area contributed by atoms with Gasteiger partial charge in [0.25, 0.3) is 11.8 Å². The van der Waals surface area contributed by atoms with Crippen LogP contribution in [-0.4, -0.2) is 23.6 Å². The van der Waals surface area contributed by atoms with Crippen LogP contribution in [0.5, 0.6) is 11.5 Å². The number of anilines is 3. The van der Waals surface area contributed by atoms with Crippen LogP contribution < -0.4 is 25.8 Å². The number of primary amides is 1. The van der Waals surface area contributed by atoms with Crippen LogP contribution in [0.15, 0.2) is 36.4 Å². The number of amides is 2. The number of carbonyl (C=O) groups is 2. The zero-order chi connectivity index (χ0) is 20.5. The summed E-state index contributed by atoms with van der Waals surface area (Å²) in [4.78, 5) is 28.7. The Morgan fingerprint density at radius 1 is 1.10 bits per heavy atom. The molecule has 0 aliphatic carbocycles. The predicted octanol–water partition coefficient (Wildman–Crippen LogP) is 3.58. The maximum atomic E-state index is 12.7. The van der Waals surface area contributed by atoms with Gasteiger partial charge in [0, 0.05) is 11.3 Å². The molecule has 0 radical (unpaired) electrons. The third-order valence-electron chi connectivity index (χ3n) is 4.36. The molecular formula is C20H18N4O4S. The van der Waals surface area contributed by atoms with Crippen LogP contribution in [0, 0.1) is 13.8 Å². The Bertz CT molecular complexity index is 1130. The summed E-state index contributed by atoms with van der Waals surface area (Å²) in [5.74, 6) is -0.0597. The highest BCUT2D eigenvalue weighted by Gasteiger charge is 2.21. The number of aromatic nitrogens is 1. The lowest BCUT2D eigenvalue weighted by Gasteiger charge is -2.07. The summed E-state index contributed by atoms with van der Waals surface area (Å²) in [5, 5.41) is 6.62. The summed E-state index contributed by atoms with van der Waals surface area (Å²) in [5.41, 5.74) is 8.79. The molecule has 4 N–H and O–H groups in total. The fraction of sp³-hybridized carbons (Fsp3) is 0.150. The minimum absolute atomic E-state index is 0.00287. The van der Waals surface area contributed by atoms with Crippen LogP contribution in [0.4, 0.5) is 15.8 Å². The molecule has 1 aliphatic rings. The van der Waals surface area contributed by atoms with E-state index >= 15 is 0 Å². The van der Waals surface area contributed by atoms with Gasteiger partial charge in [-0.2, -0.15) is 0 Å². The number of benzene rings is 2. The Hall–Kier alpha value is -3.59. The first-order valence-electron chi connectivity index (χ1n) is 8.76. The van der Waals surface area contributed by atoms with Gasteiger partial charge in [-0.15, -0.1) is 0 Å². The van der Waals surface area contributed by atoms with Gasteiger partial charge in [-0.05, 0) is 49.2 Å². The third-order valence-corrected chi connectivity index (χ3v) is 5.24. The standard InChI is InChI=1S/C20H18N4O4S/c1-10-3-4-11(2)13(7-10)22-20-23-16(17(21)25)19(29-20)24-18(26)12-5-6-14-15(8-12)28-9-27-14/h3-8H,9H2,1-2H3,(H2,21,25)(H,22,23)(H,24,26). The lowest BCUT2D eigenvalue weighted by Crippen LogP contribution is -2.17. The van der Waals surface area contributed by atoms with Crippen molar-refractivity contribution in [2.45, 2.75) is 13.8 Å². The van der Waals surface area contributed by atoms with E-state index in [2.05, 4.69) is 15.6 Å². The summed E-state index contributed by atoms with van der Waals surface area (Å²) in [6.45, 7) is 4.07. The number of ether oxygens (including phenoxy) is 2. The van der Waals surface area contributed by atoms with E-state index in [9.17, 15) is 9.59 Å². The number of rotatable bonds is 5. The second kappa shape index (κ2) is 7.44. The highest BCUT2D eigenvalue weighted by atomic mass is 32.1.